The molecule has 6 nitrogen and oxygen atoms in total. The Bertz CT molecular complexity index is 490. The Morgan fingerprint density at radius 1 is 1.30 bits per heavy atom. The van der Waals surface area contributed by atoms with Gasteiger partial charge in [0, 0.05) is 19.6 Å². The number of carbonyl (C=O) groups excluding carboxylic acids is 1. The molecule has 1 aromatic rings. The van der Waals surface area contributed by atoms with E-state index < -0.39 is 5.97 Å². The first-order valence-corrected chi connectivity index (χ1v) is 6.56. The smallest absolute Gasteiger partial charge is 0.329 e. The second kappa shape index (κ2) is 6.91. The van der Waals surface area contributed by atoms with E-state index in [1.165, 1.54) is 11.1 Å². The molecule has 0 aliphatic carbocycles. The summed E-state index contributed by atoms with van der Waals surface area (Å²) >= 11 is 0. The number of ether oxygens (including phenoxy) is 1. The highest BCUT2D eigenvalue weighted by atomic mass is 16.5. The SMILES string of the molecule is O=C(O)COCCNC(=O)N1CCc2ccccc2C1. The lowest BCUT2D eigenvalue weighted by molar-refractivity contribution is -0.142. The second-order valence-electron chi connectivity index (χ2n) is 4.62. The Morgan fingerprint density at radius 3 is 2.80 bits per heavy atom. The third kappa shape index (κ3) is 3.96. The van der Waals surface area contributed by atoms with Crippen molar-refractivity contribution < 1.29 is 19.4 Å². The zero-order valence-corrected chi connectivity index (χ0v) is 11.2. The van der Waals surface area contributed by atoms with Gasteiger partial charge in [0.05, 0.1) is 6.61 Å². The van der Waals surface area contributed by atoms with Gasteiger partial charge in [0.25, 0.3) is 0 Å². The number of carbonyl (C=O) groups is 2. The van der Waals surface area contributed by atoms with Crippen LogP contribution in [0.25, 0.3) is 0 Å². The standard InChI is InChI=1S/C14H18N2O4/c17-13(18)10-20-8-6-15-14(19)16-7-5-11-3-1-2-4-12(11)9-16/h1-4H,5-10H2,(H,15,19)(H,17,18). The van der Waals surface area contributed by atoms with Crippen molar-refractivity contribution in [1.82, 2.24) is 10.2 Å². The highest BCUT2D eigenvalue weighted by molar-refractivity contribution is 5.74. The average Bonchev–Trinajstić information content (AvgIpc) is 2.46. The van der Waals surface area contributed by atoms with Gasteiger partial charge in [0.1, 0.15) is 6.61 Å². The largest absolute Gasteiger partial charge is 0.480 e. The van der Waals surface area contributed by atoms with Crippen LogP contribution in [0.4, 0.5) is 4.79 Å². The molecule has 0 atom stereocenters. The molecule has 0 fully saturated rings. The lowest BCUT2D eigenvalue weighted by atomic mass is 10.0. The Morgan fingerprint density at radius 2 is 2.05 bits per heavy atom. The monoisotopic (exact) mass is 278 g/mol. The van der Waals surface area contributed by atoms with Crippen LogP contribution in [-0.4, -0.2) is 48.3 Å². The summed E-state index contributed by atoms with van der Waals surface area (Å²) in [6, 6.07) is 7.96. The van der Waals surface area contributed by atoms with Gasteiger partial charge in [-0.25, -0.2) is 9.59 Å². The van der Waals surface area contributed by atoms with Gasteiger partial charge >= 0.3 is 12.0 Å². The number of aliphatic carboxylic acids is 1. The molecule has 0 aromatic heterocycles. The number of nitrogens with one attached hydrogen (secondary N) is 1. The second-order valence-corrected chi connectivity index (χ2v) is 4.62. The molecule has 2 N–H and O–H groups in total. The van der Waals surface area contributed by atoms with Gasteiger partial charge in [-0.1, -0.05) is 24.3 Å². The maximum atomic E-state index is 11.9. The van der Waals surface area contributed by atoms with Crippen molar-refractivity contribution >= 4 is 12.0 Å². The molecule has 6 heteroatoms. The van der Waals surface area contributed by atoms with Crippen LogP contribution < -0.4 is 5.32 Å². The Hall–Kier alpha value is -2.08. The summed E-state index contributed by atoms with van der Waals surface area (Å²) in [5.41, 5.74) is 2.47. The first-order chi connectivity index (χ1) is 9.66. The molecule has 0 spiro atoms. The van der Waals surface area contributed by atoms with Crippen molar-refractivity contribution in [1.29, 1.82) is 0 Å². The van der Waals surface area contributed by atoms with E-state index in [2.05, 4.69) is 11.4 Å². The first kappa shape index (κ1) is 14.3. The van der Waals surface area contributed by atoms with Crippen molar-refractivity contribution in [2.24, 2.45) is 0 Å². The van der Waals surface area contributed by atoms with Crippen molar-refractivity contribution in [2.45, 2.75) is 13.0 Å². The van der Waals surface area contributed by atoms with E-state index >= 15 is 0 Å². The Balaban J connectivity index is 1.73. The van der Waals surface area contributed by atoms with Gasteiger partial charge in [-0.3, -0.25) is 0 Å². The predicted octanol–water partition coefficient (Wildman–Crippen LogP) is 0.856. The van der Waals surface area contributed by atoms with Gasteiger partial charge < -0.3 is 20.1 Å². The van der Waals surface area contributed by atoms with Gasteiger partial charge in [-0.15, -0.1) is 0 Å². The number of carboxylic acids is 1. The number of fused-ring (bicyclic) bond motifs is 1. The number of nitrogens with zero attached hydrogens (tertiary/aromatic N) is 1. The number of hydrogen-bond donors (Lipinski definition) is 2. The zero-order valence-electron chi connectivity index (χ0n) is 11.2. The van der Waals surface area contributed by atoms with Crippen LogP contribution in [-0.2, 0) is 22.5 Å². The molecular formula is C14H18N2O4. The molecule has 108 valence electrons. The van der Waals surface area contributed by atoms with E-state index in [-0.39, 0.29) is 19.2 Å². The number of benzene rings is 1. The molecule has 1 aliphatic heterocycles. The third-order valence-corrected chi connectivity index (χ3v) is 3.17. The van der Waals surface area contributed by atoms with Crippen molar-refractivity contribution in [3.63, 3.8) is 0 Å². The van der Waals surface area contributed by atoms with Gasteiger partial charge in [0.2, 0.25) is 0 Å². The summed E-state index contributed by atoms with van der Waals surface area (Å²) in [5, 5.41) is 11.1. The molecule has 1 aromatic carbocycles. The number of rotatable bonds is 5. The Labute approximate surface area is 117 Å². The molecule has 1 aliphatic rings. The Kier molecular flexibility index (Phi) is 4.95. The number of hydrogen-bond acceptors (Lipinski definition) is 3. The minimum atomic E-state index is -1.01. The van der Waals surface area contributed by atoms with Crippen molar-refractivity contribution in [3.8, 4) is 0 Å². The van der Waals surface area contributed by atoms with E-state index in [0.717, 1.165) is 6.42 Å². The lowest BCUT2D eigenvalue weighted by Crippen LogP contribution is -2.43. The van der Waals surface area contributed by atoms with Crippen LogP contribution in [0.1, 0.15) is 11.1 Å². The third-order valence-electron chi connectivity index (χ3n) is 3.17. The molecule has 2 amide bonds. The number of urea groups is 1. The zero-order chi connectivity index (χ0) is 14.4. The fourth-order valence-corrected chi connectivity index (χ4v) is 2.17. The fourth-order valence-electron chi connectivity index (χ4n) is 2.17. The molecule has 0 bridgehead atoms. The fraction of sp³-hybridized carbons (Fsp3) is 0.429. The summed E-state index contributed by atoms with van der Waals surface area (Å²) in [4.78, 5) is 23.9. The van der Waals surface area contributed by atoms with E-state index in [9.17, 15) is 9.59 Å². The summed E-state index contributed by atoms with van der Waals surface area (Å²) in [5.74, 6) is -1.01. The van der Waals surface area contributed by atoms with E-state index in [1.807, 2.05) is 18.2 Å². The number of carboxylic acid groups (broad SMARTS) is 1. The lowest BCUT2D eigenvalue weighted by Gasteiger charge is -2.28. The predicted molar refractivity (Wildman–Crippen MR) is 72.4 cm³/mol. The summed E-state index contributed by atoms with van der Waals surface area (Å²) < 4.78 is 4.86. The minimum absolute atomic E-state index is 0.140. The van der Waals surface area contributed by atoms with Crippen LogP contribution in [0.5, 0.6) is 0 Å². The van der Waals surface area contributed by atoms with E-state index in [1.54, 1.807) is 4.90 Å². The molecule has 1 heterocycles. The highest BCUT2D eigenvalue weighted by Crippen LogP contribution is 2.18. The summed E-state index contributed by atoms with van der Waals surface area (Å²) in [7, 11) is 0. The van der Waals surface area contributed by atoms with E-state index in [0.29, 0.717) is 19.6 Å². The first-order valence-electron chi connectivity index (χ1n) is 6.56. The molecule has 0 saturated carbocycles. The van der Waals surface area contributed by atoms with Crippen molar-refractivity contribution in [2.75, 3.05) is 26.3 Å². The van der Waals surface area contributed by atoms with Crippen LogP contribution in [0.15, 0.2) is 24.3 Å². The van der Waals surface area contributed by atoms with Gasteiger partial charge in [-0.05, 0) is 17.5 Å². The topological polar surface area (TPSA) is 78.9 Å². The molecule has 0 unspecified atom stereocenters. The van der Waals surface area contributed by atoms with Crippen LogP contribution in [0, 0.1) is 0 Å². The quantitative estimate of drug-likeness (QED) is 0.783. The number of amides is 2. The molecule has 20 heavy (non-hydrogen) atoms. The minimum Gasteiger partial charge on any atom is -0.480 e. The molecular weight excluding hydrogens is 260 g/mol. The molecule has 0 saturated heterocycles. The maximum absolute atomic E-state index is 11.9. The summed E-state index contributed by atoms with van der Waals surface area (Å²) in [6.07, 6.45) is 0.860. The van der Waals surface area contributed by atoms with Crippen LogP contribution in [0.2, 0.25) is 0 Å². The maximum Gasteiger partial charge on any atom is 0.329 e. The highest BCUT2D eigenvalue weighted by Gasteiger charge is 2.19. The average molecular weight is 278 g/mol. The molecule has 0 radical (unpaired) electrons. The van der Waals surface area contributed by atoms with Crippen LogP contribution >= 0.6 is 0 Å². The van der Waals surface area contributed by atoms with Gasteiger partial charge in [-0.2, -0.15) is 0 Å². The van der Waals surface area contributed by atoms with Gasteiger partial charge in [0.15, 0.2) is 0 Å². The normalized spacial score (nSPS) is 13.7. The summed E-state index contributed by atoms with van der Waals surface area (Å²) in [6.45, 7) is 1.47. The van der Waals surface area contributed by atoms with Crippen LogP contribution in [0.3, 0.4) is 0 Å². The van der Waals surface area contributed by atoms with Crippen molar-refractivity contribution in [3.05, 3.63) is 35.4 Å². The molecule has 2 rings (SSSR count). The van der Waals surface area contributed by atoms with E-state index in [4.69, 9.17) is 9.84 Å².